The molecule has 1 amide bonds. The van der Waals surface area contributed by atoms with Crippen LogP contribution in [0.25, 0.3) is 16.8 Å². The van der Waals surface area contributed by atoms with Crippen LogP contribution in [-0.4, -0.2) is 39.9 Å². The number of halogens is 3. The second-order valence-corrected chi connectivity index (χ2v) is 7.38. The van der Waals surface area contributed by atoms with Crippen LogP contribution in [0, 0.1) is 6.92 Å². The summed E-state index contributed by atoms with van der Waals surface area (Å²) in [6.45, 7) is 1.86. The van der Waals surface area contributed by atoms with Gasteiger partial charge in [-0.25, -0.2) is 4.52 Å². The largest absolute Gasteiger partial charge is 0.497 e. The molecule has 11 heteroatoms. The lowest BCUT2D eigenvalue weighted by Crippen LogP contribution is -2.18. The van der Waals surface area contributed by atoms with E-state index in [0.717, 1.165) is 17.7 Å². The smallest absolute Gasteiger partial charge is 0.416 e. The maximum Gasteiger partial charge on any atom is 0.416 e. The molecule has 0 spiro atoms. The Labute approximate surface area is 192 Å². The summed E-state index contributed by atoms with van der Waals surface area (Å²) >= 11 is 0. The Bertz CT molecular complexity index is 1330. The number of alkyl halides is 3. The molecule has 2 heterocycles. The fourth-order valence-electron chi connectivity index (χ4n) is 3.48. The number of benzene rings is 2. The van der Waals surface area contributed by atoms with Crippen molar-refractivity contribution in [3.63, 3.8) is 0 Å². The summed E-state index contributed by atoms with van der Waals surface area (Å²) in [4.78, 5) is 12.8. The summed E-state index contributed by atoms with van der Waals surface area (Å²) in [5.74, 6) is 0.0689. The first-order chi connectivity index (χ1) is 16.2. The first-order valence-electron chi connectivity index (χ1n) is 10.1. The van der Waals surface area contributed by atoms with Gasteiger partial charge in [-0.05, 0) is 48.9 Å². The number of carbonyl (C=O) groups excluding carboxylic acids is 1. The number of rotatable bonds is 6. The molecule has 1 N–H and O–H groups in total. The van der Waals surface area contributed by atoms with Gasteiger partial charge >= 0.3 is 6.18 Å². The number of nitrogens with zero attached hydrogens (tertiary/aromatic N) is 4. The minimum atomic E-state index is -4.46. The van der Waals surface area contributed by atoms with E-state index in [1.165, 1.54) is 16.6 Å². The number of methoxy groups -OCH3 is 2. The van der Waals surface area contributed by atoms with E-state index < -0.39 is 17.6 Å². The molecule has 0 aliphatic rings. The first-order valence-corrected chi connectivity index (χ1v) is 10.1. The molecule has 0 bridgehead atoms. The van der Waals surface area contributed by atoms with Crippen LogP contribution < -0.4 is 10.1 Å². The van der Waals surface area contributed by atoms with Crippen molar-refractivity contribution < 1.29 is 27.4 Å². The fraction of sp³-hybridized carbons (Fsp3) is 0.217. The average molecular weight is 471 g/mol. The number of aryl methyl sites for hydroxylation is 1. The molecule has 8 nitrogen and oxygen atoms in total. The van der Waals surface area contributed by atoms with Crippen molar-refractivity contribution in [2.75, 3.05) is 19.5 Å². The third kappa shape index (κ3) is 4.42. The molecule has 0 fully saturated rings. The molecule has 0 atom stereocenters. The molecule has 0 saturated carbocycles. The van der Waals surface area contributed by atoms with Gasteiger partial charge in [0.15, 0.2) is 11.3 Å². The van der Waals surface area contributed by atoms with Crippen molar-refractivity contribution in [2.24, 2.45) is 0 Å². The summed E-state index contributed by atoms with van der Waals surface area (Å²) in [7, 11) is 3.12. The highest BCUT2D eigenvalue weighted by atomic mass is 19.4. The minimum absolute atomic E-state index is 0.0138. The maximum absolute atomic E-state index is 12.8. The van der Waals surface area contributed by atoms with Crippen molar-refractivity contribution >= 4 is 17.2 Å². The van der Waals surface area contributed by atoms with Crippen molar-refractivity contribution in [1.82, 2.24) is 19.8 Å². The summed E-state index contributed by atoms with van der Waals surface area (Å²) in [5, 5.41) is 15.4. The molecule has 2 aromatic carbocycles. The molecular weight excluding hydrogens is 451 g/mol. The highest BCUT2D eigenvalue weighted by Gasteiger charge is 2.30. The number of ether oxygens (including phenoxy) is 2. The SMILES string of the molecule is COCc1nn2c(C)c(C(=O)Nc3ccc(C(F)(F)F)cc3)nnc2c1-c1ccc(OC)cc1. The number of amides is 1. The predicted molar refractivity (Wildman–Crippen MR) is 118 cm³/mol. The zero-order valence-corrected chi connectivity index (χ0v) is 18.5. The molecule has 0 unspecified atom stereocenters. The molecule has 176 valence electrons. The summed E-state index contributed by atoms with van der Waals surface area (Å²) < 4.78 is 50.3. The first kappa shape index (κ1) is 23.2. The average Bonchev–Trinajstić information content (AvgIpc) is 3.18. The highest BCUT2D eigenvalue weighted by Crippen LogP contribution is 2.31. The second-order valence-electron chi connectivity index (χ2n) is 7.38. The normalized spacial score (nSPS) is 11.6. The van der Waals surface area contributed by atoms with Gasteiger partial charge < -0.3 is 14.8 Å². The van der Waals surface area contributed by atoms with Gasteiger partial charge in [-0.3, -0.25) is 4.79 Å². The van der Waals surface area contributed by atoms with Gasteiger partial charge in [-0.15, -0.1) is 10.2 Å². The van der Waals surface area contributed by atoms with Crippen LogP contribution in [0.3, 0.4) is 0 Å². The monoisotopic (exact) mass is 471 g/mol. The quantitative estimate of drug-likeness (QED) is 0.445. The Morgan fingerprint density at radius 2 is 1.71 bits per heavy atom. The number of hydrogen-bond acceptors (Lipinski definition) is 6. The van der Waals surface area contributed by atoms with E-state index in [9.17, 15) is 18.0 Å². The topological polar surface area (TPSA) is 90.6 Å². The lowest BCUT2D eigenvalue weighted by atomic mass is 10.1. The number of aromatic nitrogens is 4. The van der Waals surface area contributed by atoms with Gasteiger partial charge in [-0.2, -0.15) is 18.3 Å². The lowest BCUT2D eigenvalue weighted by molar-refractivity contribution is -0.137. The van der Waals surface area contributed by atoms with Crippen LogP contribution in [0.5, 0.6) is 5.75 Å². The van der Waals surface area contributed by atoms with E-state index in [4.69, 9.17) is 9.47 Å². The Morgan fingerprint density at radius 3 is 2.29 bits per heavy atom. The van der Waals surface area contributed by atoms with Gasteiger partial charge in [0.1, 0.15) is 5.75 Å². The van der Waals surface area contributed by atoms with Crippen molar-refractivity contribution in [2.45, 2.75) is 19.7 Å². The number of fused-ring (bicyclic) bond motifs is 1. The van der Waals surface area contributed by atoms with Gasteiger partial charge in [-0.1, -0.05) is 12.1 Å². The van der Waals surface area contributed by atoms with Crippen LogP contribution in [-0.2, 0) is 17.5 Å². The summed E-state index contributed by atoms with van der Waals surface area (Å²) in [6, 6.07) is 11.5. The van der Waals surface area contributed by atoms with Gasteiger partial charge in [0.2, 0.25) is 0 Å². The number of nitrogens with one attached hydrogen (secondary N) is 1. The Hall–Kier alpha value is -3.99. The van der Waals surface area contributed by atoms with E-state index in [1.54, 1.807) is 21.1 Å². The van der Waals surface area contributed by atoms with Crippen LogP contribution >= 0.6 is 0 Å². The Balaban J connectivity index is 1.70. The molecular formula is C23H20F3N5O3. The van der Waals surface area contributed by atoms with Crippen molar-refractivity contribution in [3.05, 3.63) is 71.2 Å². The maximum atomic E-state index is 12.8. The number of carbonyl (C=O) groups is 1. The van der Waals surface area contributed by atoms with Gasteiger partial charge in [0, 0.05) is 12.8 Å². The van der Waals surface area contributed by atoms with Crippen LogP contribution in [0.15, 0.2) is 48.5 Å². The van der Waals surface area contributed by atoms with Crippen LogP contribution in [0.4, 0.5) is 18.9 Å². The van der Waals surface area contributed by atoms with E-state index in [2.05, 4.69) is 20.6 Å². The third-order valence-electron chi connectivity index (χ3n) is 5.18. The van der Waals surface area contributed by atoms with Crippen molar-refractivity contribution in [3.8, 4) is 16.9 Å². The van der Waals surface area contributed by atoms with Gasteiger partial charge in [0.25, 0.3) is 5.91 Å². The molecule has 4 rings (SSSR count). The summed E-state index contributed by atoms with van der Waals surface area (Å²) in [6.07, 6.45) is -4.46. The van der Waals surface area contributed by atoms with Gasteiger partial charge in [0.05, 0.1) is 36.2 Å². The zero-order valence-electron chi connectivity index (χ0n) is 18.5. The lowest BCUT2D eigenvalue weighted by Gasteiger charge is -2.10. The fourth-order valence-corrected chi connectivity index (χ4v) is 3.48. The molecule has 34 heavy (non-hydrogen) atoms. The molecule has 0 saturated heterocycles. The highest BCUT2D eigenvalue weighted by molar-refractivity contribution is 6.03. The van der Waals surface area contributed by atoms with Crippen LogP contribution in [0.1, 0.15) is 27.4 Å². The van der Waals surface area contributed by atoms with E-state index >= 15 is 0 Å². The Morgan fingerprint density at radius 1 is 1.03 bits per heavy atom. The minimum Gasteiger partial charge on any atom is -0.497 e. The van der Waals surface area contributed by atoms with Crippen LogP contribution in [0.2, 0.25) is 0 Å². The zero-order chi connectivity index (χ0) is 24.5. The molecule has 0 radical (unpaired) electrons. The number of hydrogen-bond donors (Lipinski definition) is 1. The third-order valence-corrected chi connectivity index (χ3v) is 5.18. The molecule has 0 aliphatic heterocycles. The van der Waals surface area contributed by atoms with E-state index in [1.807, 2.05) is 24.3 Å². The van der Waals surface area contributed by atoms with E-state index in [-0.39, 0.29) is 18.0 Å². The summed E-state index contributed by atoms with van der Waals surface area (Å²) in [5.41, 5.74) is 2.33. The van der Waals surface area contributed by atoms with E-state index in [0.29, 0.717) is 28.3 Å². The molecule has 2 aromatic heterocycles. The standard InChI is InChI=1S/C23H20F3N5O3/c1-13-20(22(32)27-16-8-6-15(7-9-16)23(24,25)26)28-29-21-19(18(12-33-2)30-31(13)21)14-4-10-17(34-3)11-5-14/h4-11H,12H2,1-3H3,(H,27,32). The predicted octanol–water partition coefficient (Wildman–Crippen LogP) is 4.53. The number of anilines is 1. The second kappa shape index (κ2) is 9.10. The Kier molecular flexibility index (Phi) is 6.20. The molecule has 4 aromatic rings. The molecule has 0 aliphatic carbocycles. The van der Waals surface area contributed by atoms with Crippen molar-refractivity contribution in [1.29, 1.82) is 0 Å².